The zero-order chi connectivity index (χ0) is 13.0. The van der Waals surface area contributed by atoms with E-state index in [2.05, 4.69) is 32.0 Å². The average Bonchev–Trinajstić information content (AvgIpc) is 2.80. The smallest absolute Gasteiger partial charge is 0.0386 e. The van der Waals surface area contributed by atoms with E-state index in [4.69, 9.17) is 5.73 Å². The second-order valence-electron chi connectivity index (χ2n) is 5.72. The first-order valence-electron chi connectivity index (χ1n) is 7.06. The van der Waals surface area contributed by atoms with Gasteiger partial charge in [-0.2, -0.15) is 11.8 Å². The molecular weight excluding hydrogens is 238 g/mol. The number of hydrogen-bond donors (Lipinski definition) is 1. The Hall–Kier alpha value is -0.470. The Morgan fingerprint density at radius 3 is 2.39 bits per heavy atom. The predicted octanol–water partition coefficient (Wildman–Crippen LogP) is 4.23. The van der Waals surface area contributed by atoms with E-state index in [0.29, 0.717) is 0 Å². The van der Waals surface area contributed by atoms with Crippen LogP contribution in [0.2, 0.25) is 0 Å². The number of nitrogens with two attached hydrogens (primary N) is 1. The van der Waals surface area contributed by atoms with Crippen LogP contribution in [0.15, 0.2) is 18.2 Å². The molecule has 1 aliphatic rings. The topological polar surface area (TPSA) is 26.0 Å². The zero-order valence-corrected chi connectivity index (χ0v) is 12.4. The summed E-state index contributed by atoms with van der Waals surface area (Å²) in [6, 6.07) is 6.86. The van der Waals surface area contributed by atoms with Crippen molar-refractivity contribution in [3.8, 4) is 0 Å². The van der Waals surface area contributed by atoms with Crippen molar-refractivity contribution in [1.29, 1.82) is 0 Å². The maximum absolute atomic E-state index is 6.30. The highest BCUT2D eigenvalue weighted by atomic mass is 32.2. The molecule has 0 aliphatic heterocycles. The van der Waals surface area contributed by atoms with E-state index in [-0.39, 0.29) is 6.04 Å². The Labute approximate surface area is 116 Å². The highest BCUT2D eigenvalue weighted by Gasteiger charge is 2.15. The minimum atomic E-state index is 0.190. The zero-order valence-electron chi connectivity index (χ0n) is 11.6. The molecule has 0 amide bonds. The molecule has 0 radical (unpaired) electrons. The standard InChI is InChI=1S/C16H25NS/c1-12-7-13(2)9-15(8-12)16(17)11-18-10-14-5-3-4-6-14/h7-9,14,16H,3-6,10-11,17H2,1-2H3. The average molecular weight is 263 g/mol. The summed E-state index contributed by atoms with van der Waals surface area (Å²) in [7, 11) is 0. The minimum Gasteiger partial charge on any atom is -0.323 e. The molecule has 1 aliphatic carbocycles. The van der Waals surface area contributed by atoms with Crippen LogP contribution in [0, 0.1) is 19.8 Å². The van der Waals surface area contributed by atoms with E-state index in [1.165, 1.54) is 48.1 Å². The normalized spacial score (nSPS) is 18.2. The van der Waals surface area contributed by atoms with E-state index in [9.17, 15) is 0 Å². The van der Waals surface area contributed by atoms with Crippen LogP contribution < -0.4 is 5.73 Å². The Kier molecular flexibility index (Phi) is 5.13. The van der Waals surface area contributed by atoms with Crippen molar-refractivity contribution in [3.63, 3.8) is 0 Å². The maximum Gasteiger partial charge on any atom is 0.0386 e. The Morgan fingerprint density at radius 1 is 1.17 bits per heavy atom. The van der Waals surface area contributed by atoms with Crippen LogP contribution in [0.4, 0.5) is 0 Å². The van der Waals surface area contributed by atoms with Gasteiger partial charge in [-0.05, 0) is 43.9 Å². The van der Waals surface area contributed by atoms with Crippen LogP contribution in [0.25, 0.3) is 0 Å². The Balaban J connectivity index is 1.81. The summed E-state index contributed by atoms with van der Waals surface area (Å²) >= 11 is 2.04. The summed E-state index contributed by atoms with van der Waals surface area (Å²) in [4.78, 5) is 0. The van der Waals surface area contributed by atoms with Crippen molar-refractivity contribution in [2.24, 2.45) is 11.7 Å². The van der Waals surface area contributed by atoms with Gasteiger partial charge in [0.05, 0.1) is 0 Å². The third-order valence-corrected chi connectivity index (χ3v) is 5.10. The highest BCUT2D eigenvalue weighted by molar-refractivity contribution is 7.99. The molecule has 1 aromatic carbocycles. The molecule has 1 saturated carbocycles. The quantitative estimate of drug-likeness (QED) is 0.860. The van der Waals surface area contributed by atoms with Gasteiger partial charge in [0.1, 0.15) is 0 Å². The van der Waals surface area contributed by atoms with Crippen molar-refractivity contribution in [3.05, 3.63) is 34.9 Å². The van der Waals surface area contributed by atoms with Crippen LogP contribution in [-0.4, -0.2) is 11.5 Å². The molecule has 2 rings (SSSR count). The molecular formula is C16H25NS. The maximum atomic E-state index is 6.30. The van der Waals surface area contributed by atoms with Gasteiger partial charge in [-0.25, -0.2) is 0 Å². The Morgan fingerprint density at radius 2 is 1.78 bits per heavy atom. The van der Waals surface area contributed by atoms with Gasteiger partial charge in [0.25, 0.3) is 0 Å². The molecule has 0 bridgehead atoms. The molecule has 0 saturated heterocycles. The molecule has 2 heteroatoms. The van der Waals surface area contributed by atoms with Crippen LogP contribution in [0.1, 0.15) is 48.4 Å². The lowest BCUT2D eigenvalue weighted by molar-refractivity contribution is 0.622. The summed E-state index contributed by atoms with van der Waals surface area (Å²) in [6.45, 7) is 4.30. The third kappa shape index (κ3) is 4.03. The minimum absolute atomic E-state index is 0.190. The largest absolute Gasteiger partial charge is 0.323 e. The lowest BCUT2D eigenvalue weighted by Gasteiger charge is -2.15. The fourth-order valence-corrected chi connectivity index (χ4v) is 4.11. The third-order valence-electron chi connectivity index (χ3n) is 3.80. The first-order valence-corrected chi connectivity index (χ1v) is 8.22. The summed E-state index contributed by atoms with van der Waals surface area (Å²) in [5.41, 5.74) is 10.2. The van der Waals surface area contributed by atoms with E-state index < -0.39 is 0 Å². The van der Waals surface area contributed by atoms with Gasteiger partial charge in [0, 0.05) is 11.8 Å². The van der Waals surface area contributed by atoms with Crippen molar-refractivity contribution in [2.75, 3.05) is 11.5 Å². The monoisotopic (exact) mass is 263 g/mol. The highest BCUT2D eigenvalue weighted by Crippen LogP contribution is 2.29. The van der Waals surface area contributed by atoms with E-state index in [1.54, 1.807) is 0 Å². The summed E-state index contributed by atoms with van der Waals surface area (Å²) in [5, 5.41) is 0. The number of rotatable bonds is 5. The number of thioether (sulfide) groups is 1. The van der Waals surface area contributed by atoms with Gasteiger partial charge in [0.15, 0.2) is 0 Å². The molecule has 1 unspecified atom stereocenters. The Bertz CT molecular complexity index is 362. The lowest BCUT2D eigenvalue weighted by Crippen LogP contribution is -2.14. The number of aryl methyl sites for hydroxylation is 2. The van der Waals surface area contributed by atoms with Crippen LogP contribution in [0.5, 0.6) is 0 Å². The molecule has 1 nitrogen and oxygen atoms in total. The molecule has 18 heavy (non-hydrogen) atoms. The first-order chi connectivity index (χ1) is 8.65. The number of benzene rings is 1. The molecule has 1 fully saturated rings. The van der Waals surface area contributed by atoms with Gasteiger partial charge in [-0.15, -0.1) is 0 Å². The van der Waals surface area contributed by atoms with Crippen molar-refractivity contribution < 1.29 is 0 Å². The fraction of sp³-hybridized carbons (Fsp3) is 0.625. The van der Waals surface area contributed by atoms with Crippen LogP contribution in [-0.2, 0) is 0 Å². The summed E-state index contributed by atoms with van der Waals surface area (Å²) in [5.74, 6) is 3.32. The van der Waals surface area contributed by atoms with Crippen molar-refractivity contribution in [1.82, 2.24) is 0 Å². The summed E-state index contributed by atoms with van der Waals surface area (Å²) < 4.78 is 0. The van der Waals surface area contributed by atoms with Gasteiger partial charge in [0.2, 0.25) is 0 Å². The number of hydrogen-bond acceptors (Lipinski definition) is 2. The van der Waals surface area contributed by atoms with E-state index in [1.807, 2.05) is 11.8 Å². The van der Waals surface area contributed by atoms with Gasteiger partial charge in [-0.3, -0.25) is 0 Å². The molecule has 1 atom stereocenters. The van der Waals surface area contributed by atoms with Gasteiger partial charge >= 0.3 is 0 Å². The molecule has 0 spiro atoms. The van der Waals surface area contributed by atoms with Crippen molar-refractivity contribution in [2.45, 2.75) is 45.6 Å². The molecule has 100 valence electrons. The van der Waals surface area contributed by atoms with Gasteiger partial charge < -0.3 is 5.73 Å². The molecule has 1 aromatic rings. The summed E-state index contributed by atoms with van der Waals surface area (Å²) in [6.07, 6.45) is 5.75. The molecule has 0 heterocycles. The first kappa shape index (κ1) is 14.0. The second-order valence-corrected chi connectivity index (χ2v) is 6.79. The second kappa shape index (κ2) is 6.63. The van der Waals surface area contributed by atoms with Crippen LogP contribution >= 0.6 is 11.8 Å². The van der Waals surface area contributed by atoms with E-state index in [0.717, 1.165) is 11.7 Å². The van der Waals surface area contributed by atoms with Crippen LogP contribution in [0.3, 0.4) is 0 Å². The molecule has 2 N–H and O–H groups in total. The lowest BCUT2D eigenvalue weighted by atomic mass is 10.0. The molecule has 0 aromatic heterocycles. The fourth-order valence-electron chi connectivity index (χ4n) is 2.86. The SMILES string of the molecule is Cc1cc(C)cc(C(N)CSCC2CCCC2)c1. The van der Waals surface area contributed by atoms with E-state index >= 15 is 0 Å². The van der Waals surface area contributed by atoms with Gasteiger partial charge in [-0.1, -0.05) is 42.2 Å². The predicted molar refractivity (Wildman–Crippen MR) is 82.1 cm³/mol. The van der Waals surface area contributed by atoms with Crippen molar-refractivity contribution >= 4 is 11.8 Å².